The molecule has 62 valence electrons. The van der Waals surface area contributed by atoms with Gasteiger partial charge in [0, 0.05) is 4.75 Å². The molecule has 0 radical (unpaired) electrons. The molecule has 0 aliphatic heterocycles. The number of allylic oxidation sites excluding steroid dienone is 1. The van der Waals surface area contributed by atoms with E-state index in [0.717, 1.165) is 0 Å². The molecule has 0 spiro atoms. The van der Waals surface area contributed by atoms with Gasteiger partial charge in [0.2, 0.25) is 0 Å². The zero-order valence-corrected chi connectivity index (χ0v) is 8.04. The van der Waals surface area contributed by atoms with Gasteiger partial charge in [0.1, 0.15) is 0 Å². The predicted molar refractivity (Wildman–Crippen MR) is 54.1 cm³/mol. The van der Waals surface area contributed by atoms with Crippen LogP contribution in [0.2, 0.25) is 0 Å². The van der Waals surface area contributed by atoms with E-state index in [1.54, 1.807) is 0 Å². The fourth-order valence-electron chi connectivity index (χ4n) is 1.52. The van der Waals surface area contributed by atoms with Crippen LogP contribution in [0.4, 0.5) is 0 Å². The normalized spacial score (nSPS) is 23.2. The first kappa shape index (κ1) is 8.92. The Hall–Kier alpha value is -0.170. The van der Waals surface area contributed by atoms with Crippen molar-refractivity contribution in [1.29, 1.82) is 0 Å². The summed E-state index contributed by atoms with van der Waals surface area (Å²) >= 11 is 1.94. The molecular formula is C10H16S. The average Bonchev–Trinajstić information content (AvgIpc) is 2.07. The maximum absolute atomic E-state index is 4.00. The molecule has 1 rings (SSSR count). The second-order valence-corrected chi connectivity index (χ2v) is 4.44. The van der Waals surface area contributed by atoms with E-state index in [0.29, 0.717) is 4.75 Å². The van der Waals surface area contributed by atoms with Crippen molar-refractivity contribution in [2.45, 2.75) is 30.4 Å². The Morgan fingerprint density at radius 3 is 2.36 bits per heavy atom. The molecule has 0 atom stereocenters. The minimum atomic E-state index is 0.362. The van der Waals surface area contributed by atoms with Gasteiger partial charge in [-0.05, 0) is 31.9 Å². The van der Waals surface area contributed by atoms with Crippen molar-refractivity contribution in [1.82, 2.24) is 0 Å². The summed E-state index contributed by atoms with van der Waals surface area (Å²) in [6, 6.07) is 0. The third-order valence-electron chi connectivity index (χ3n) is 2.58. The summed E-state index contributed by atoms with van der Waals surface area (Å²) in [5.74, 6) is 0. The first-order chi connectivity index (χ1) is 5.22. The summed E-state index contributed by atoms with van der Waals surface area (Å²) in [4.78, 5) is 0. The fourth-order valence-corrected chi connectivity index (χ4v) is 2.30. The summed E-state index contributed by atoms with van der Waals surface area (Å²) < 4.78 is 0.362. The molecular weight excluding hydrogens is 152 g/mol. The maximum Gasteiger partial charge on any atom is 0.0339 e. The van der Waals surface area contributed by atoms with Crippen LogP contribution in [0.5, 0.6) is 0 Å². The lowest BCUT2D eigenvalue weighted by Crippen LogP contribution is -2.24. The van der Waals surface area contributed by atoms with Crippen LogP contribution in [0, 0.1) is 0 Å². The van der Waals surface area contributed by atoms with Gasteiger partial charge in [0.05, 0.1) is 0 Å². The number of hydrogen-bond donors (Lipinski definition) is 0. The lowest BCUT2D eigenvalue weighted by atomic mass is 9.86. The molecule has 0 nitrogen and oxygen atoms in total. The summed E-state index contributed by atoms with van der Waals surface area (Å²) in [5, 5.41) is 0. The van der Waals surface area contributed by atoms with E-state index in [-0.39, 0.29) is 0 Å². The van der Waals surface area contributed by atoms with E-state index in [9.17, 15) is 0 Å². The van der Waals surface area contributed by atoms with Crippen molar-refractivity contribution < 1.29 is 0 Å². The third kappa shape index (κ3) is 1.90. The molecule has 1 heteroatoms. The fraction of sp³-hybridized carbons (Fsp3) is 0.600. The van der Waals surface area contributed by atoms with Crippen molar-refractivity contribution in [3.8, 4) is 0 Å². The maximum atomic E-state index is 4.00. The van der Waals surface area contributed by atoms with Crippen LogP contribution in [0.25, 0.3) is 0 Å². The molecule has 0 aromatic heterocycles. The lowest BCUT2D eigenvalue weighted by Gasteiger charge is -2.33. The van der Waals surface area contributed by atoms with E-state index in [4.69, 9.17) is 0 Å². The largest absolute Gasteiger partial charge is 0.154 e. The van der Waals surface area contributed by atoms with Gasteiger partial charge in [0.25, 0.3) is 0 Å². The Morgan fingerprint density at radius 1 is 1.45 bits per heavy atom. The van der Waals surface area contributed by atoms with E-state index in [2.05, 4.69) is 25.5 Å². The molecule has 0 N–H and O–H groups in total. The third-order valence-corrected chi connectivity index (χ3v) is 3.97. The second kappa shape index (κ2) is 3.48. The van der Waals surface area contributed by atoms with Crippen LogP contribution in [0.3, 0.4) is 0 Å². The summed E-state index contributed by atoms with van der Waals surface area (Å²) in [6.07, 6.45) is 9.13. The van der Waals surface area contributed by atoms with Gasteiger partial charge in [0.15, 0.2) is 0 Å². The van der Waals surface area contributed by atoms with E-state index in [1.807, 2.05) is 11.8 Å². The molecule has 0 saturated heterocycles. The molecule has 0 aromatic carbocycles. The minimum Gasteiger partial charge on any atom is -0.154 e. The van der Waals surface area contributed by atoms with Crippen LogP contribution >= 0.6 is 11.8 Å². The van der Waals surface area contributed by atoms with Crippen LogP contribution in [-0.2, 0) is 0 Å². The molecule has 11 heavy (non-hydrogen) atoms. The Labute approximate surface area is 73.8 Å². The van der Waals surface area contributed by atoms with Crippen molar-refractivity contribution in [2.24, 2.45) is 0 Å². The zero-order valence-electron chi connectivity index (χ0n) is 7.23. The zero-order chi connectivity index (χ0) is 8.32. The van der Waals surface area contributed by atoms with Crippen molar-refractivity contribution in [2.75, 3.05) is 6.26 Å². The first-order valence-electron chi connectivity index (χ1n) is 4.08. The standard InChI is InChI=1S/C10H16S/c1-4-10(11-3)7-5-9(2)6-8-10/h4H,1-2,5-8H2,3H3. The first-order valence-corrected chi connectivity index (χ1v) is 5.30. The quantitative estimate of drug-likeness (QED) is 0.569. The van der Waals surface area contributed by atoms with Crippen LogP contribution in [0.1, 0.15) is 25.7 Å². The minimum absolute atomic E-state index is 0.362. The van der Waals surface area contributed by atoms with Crippen molar-refractivity contribution in [3.63, 3.8) is 0 Å². The molecule has 0 bridgehead atoms. The van der Waals surface area contributed by atoms with Gasteiger partial charge < -0.3 is 0 Å². The summed E-state index contributed by atoms with van der Waals surface area (Å²) in [7, 11) is 0. The van der Waals surface area contributed by atoms with Gasteiger partial charge in [-0.15, -0.1) is 6.58 Å². The van der Waals surface area contributed by atoms with Crippen molar-refractivity contribution in [3.05, 3.63) is 24.8 Å². The van der Waals surface area contributed by atoms with Crippen LogP contribution < -0.4 is 0 Å². The Morgan fingerprint density at radius 2 is 2.00 bits per heavy atom. The van der Waals surface area contributed by atoms with Crippen LogP contribution in [0.15, 0.2) is 24.8 Å². The smallest absolute Gasteiger partial charge is 0.0339 e. The van der Waals surface area contributed by atoms with Gasteiger partial charge in [-0.25, -0.2) is 0 Å². The Bertz CT molecular complexity index is 160. The van der Waals surface area contributed by atoms with E-state index < -0.39 is 0 Å². The van der Waals surface area contributed by atoms with E-state index >= 15 is 0 Å². The monoisotopic (exact) mass is 168 g/mol. The van der Waals surface area contributed by atoms with E-state index in [1.165, 1.54) is 31.3 Å². The topological polar surface area (TPSA) is 0 Å². The number of thioether (sulfide) groups is 1. The number of rotatable bonds is 2. The molecule has 0 heterocycles. The van der Waals surface area contributed by atoms with Gasteiger partial charge in [-0.2, -0.15) is 11.8 Å². The summed E-state index contributed by atoms with van der Waals surface area (Å²) in [5.41, 5.74) is 1.41. The van der Waals surface area contributed by atoms with Gasteiger partial charge in [-0.1, -0.05) is 18.2 Å². The molecule has 1 fully saturated rings. The highest BCUT2D eigenvalue weighted by molar-refractivity contribution is 8.00. The molecule has 0 unspecified atom stereocenters. The van der Waals surface area contributed by atoms with Crippen LogP contribution in [-0.4, -0.2) is 11.0 Å². The predicted octanol–water partition coefficient (Wildman–Crippen LogP) is 3.40. The lowest BCUT2D eigenvalue weighted by molar-refractivity contribution is 0.531. The summed E-state index contributed by atoms with van der Waals surface area (Å²) in [6.45, 7) is 7.91. The molecule has 0 aromatic rings. The highest BCUT2D eigenvalue weighted by Gasteiger charge is 2.28. The SMILES string of the molecule is C=CC1(SC)CCC(=C)CC1. The Kier molecular flexibility index (Phi) is 2.83. The highest BCUT2D eigenvalue weighted by atomic mass is 32.2. The van der Waals surface area contributed by atoms with Gasteiger partial charge in [-0.3, -0.25) is 0 Å². The molecule has 1 aliphatic carbocycles. The van der Waals surface area contributed by atoms with Crippen molar-refractivity contribution >= 4 is 11.8 Å². The molecule has 0 amide bonds. The Balaban J connectivity index is 2.59. The van der Waals surface area contributed by atoms with Gasteiger partial charge >= 0.3 is 0 Å². The second-order valence-electron chi connectivity index (χ2n) is 3.22. The molecule has 1 saturated carbocycles. The average molecular weight is 168 g/mol. The number of hydrogen-bond acceptors (Lipinski definition) is 1. The molecule has 1 aliphatic rings. The highest BCUT2D eigenvalue weighted by Crippen LogP contribution is 2.40.